The van der Waals surface area contributed by atoms with E-state index in [-0.39, 0.29) is 12.0 Å². The second-order valence-corrected chi connectivity index (χ2v) is 5.68. The molecule has 0 aliphatic heterocycles. The summed E-state index contributed by atoms with van der Waals surface area (Å²) >= 11 is 0. The van der Waals surface area contributed by atoms with Crippen LogP contribution in [0, 0.1) is 0 Å². The lowest BCUT2D eigenvalue weighted by atomic mass is 10.1. The number of rotatable bonds is 4. The normalized spacial score (nSPS) is 11.0. The molecule has 0 bridgehead atoms. The van der Waals surface area contributed by atoms with Gasteiger partial charge in [-0.2, -0.15) is 0 Å². The summed E-state index contributed by atoms with van der Waals surface area (Å²) in [6.07, 6.45) is 1.77. The Hall–Kier alpha value is -2.82. The van der Waals surface area contributed by atoms with E-state index in [1.807, 2.05) is 55.8 Å². The number of carbonyl (C=O) groups excluding carboxylic acids is 1. The Morgan fingerprint density at radius 1 is 1.22 bits per heavy atom. The van der Waals surface area contributed by atoms with Gasteiger partial charge in [0.05, 0.1) is 29.2 Å². The lowest BCUT2D eigenvalue weighted by molar-refractivity contribution is 0.102. The maximum absolute atomic E-state index is 12.5. The second kappa shape index (κ2) is 6.12. The molecule has 5 heteroatoms. The van der Waals surface area contributed by atoms with Crippen LogP contribution in [0.15, 0.2) is 48.8 Å². The zero-order chi connectivity index (χ0) is 16.4. The molecule has 2 aromatic carbocycles. The van der Waals surface area contributed by atoms with E-state index in [9.17, 15) is 4.79 Å². The number of carbonyl (C=O) groups is 1. The summed E-state index contributed by atoms with van der Waals surface area (Å²) < 4.78 is 7.64. The number of hydrogen-bond donors (Lipinski definition) is 1. The number of ether oxygens (including phenoxy) is 1. The van der Waals surface area contributed by atoms with Gasteiger partial charge in [0.2, 0.25) is 0 Å². The molecule has 5 nitrogen and oxygen atoms in total. The molecule has 1 amide bonds. The quantitative estimate of drug-likeness (QED) is 0.801. The minimum atomic E-state index is -0.183. The van der Waals surface area contributed by atoms with Crippen molar-refractivity contribution in [2.75, 3.05) is 5.32 Å². The first-order valence-corrected chi connectivity index (χ1v) is 7.52. The molecule has 0 unspecified atom stereocenters. The van der Waals surface area contributed by atoms with E-state index in [0.29, 0.717) is 17.0 Å². The average molecular weight is 309 g/mol. The predicted octanol–water partition coefficient (Wildman–Crippen LogP) is 3.61. The van der Waals surface area contributed by atoms with E-state index in [2.05, 4.69) is 10.3 Å². The lowest BCUT2D eigenvalue weighted by Crippen LogP contribution is -2.14. The third-order valence-corrected chi connectivity index (χ3v) is 3.49. The Bertz CT molecular complexity index is 852. The molecule has 0 radical (unpaired) electrons. The summed E-state index contributed by atoms with van der Waals surface area (Å²) in [7, 11) is 1.93. The number of hydrogen-bond acceptors (Lipinski definition) is 3. The first-order chi connectivity index (χ1) is 11.0. The first kappa shape index (κ1) is 15.1. The maximum atomic E-state index is 12.5. The molecular formula is C18H19N3O2. The van der Waals surface area contributed by atoms with Crippen LogP contribution in [0.2, 0.25) is 0 Å². The molecule has 3 rings (SSSR count). The molecule has 1 heterocycles. The summed E-state index contributed by atoms with van der Waals surface area (Å²) in [4.78, 5) is 16.8. The van der Waals surface area contributed by atoms with Crippen molar-refractivity contribution in [2.45, 2.75) is 20.0 Å². The maximum Gasteiger partial charge on any atom is 0.255 e. The number of para-hydroxylation sites is 2. The number of aromatic nitrogens is 2. The molecular weight excluding hydrogens is 290 g/mol. The van der Waals surface area contributed by atoms with Gasteiger partial charge in [0.15, 0.2) is 0 Å². The highest BCUT2D eigenvalue weighted by atomic mass is 16.5. The molecule has 0 spiro atoms. The zero-order valence-electron chi connectivity index (χ0n) is 13.4. The fourth-order valence-electron chi connectivity index (χ4n) is 2.40. The van der Waals surface area contributed by atoms with Crippen molar-refractivity contribution in [1.29, 1.82) is 0 Å². The van der Waals surface area contributed by atoms with E-state index in [1.54, 1.807) is 18.5 Å². The van der Waals surface area contributed by atoms with Gasteiger partial charge in [-0.05, 0) is 44.2 Å². The van der Waals surface area contributed by atoms with Crippen molar-refractivity contribution in [3.63, 3.8) is 0 Å². The highest BCUT2D eigenvalue weighted by Crippen LogP contribution is 2.25. The van der Waals surface area contributed by atoms with Crippen LogP contribution in [0.5, 0.6) is 5.75 Å². The SMILES string of the molecule is CC(C)Oc1ccccc1NC(=O)c1ccc2c(c1)ncn2C. The van der Waals surface area contributed by atoms with Crippen molar-refractivity contribution in [3.05, 3.63) is 54.4 Å². The Labute approximate surface area is 134 Å². The van der Waals surface area contributed by atoms with Crippen molar-refractivity contribution in [2.24, 2.45) is 7.05 Å². The van der Waals surface area contributed by atoms with Gasteiger partial charge in [0, 0.05) is 12.6 Å². The minimum absolute atomic E-state index is 0.0397. The molecule has 0 fully saturated rings. The molecule has 3 aromatic rings. The molecule has 0 saturated heterocycles. The number of amides is 1. The molecule has 1 aromatic heterocycles. The van der Waals surface area contributed by atoms with Crippen molar-refractivity contribution in [1.82, 2.24) is 9.55 Å². The van der Waals surface area contributed by atoms with Crippen LogP contribution >= 0.6 is 0 Å². The number of aryl methyl sites for hydroxylation is 1. The molecule has 23 heavy (non-hydrogen) atoms. The molecule has 0 aliphatic rings. The fourth-order valence-corrected chi connectivity index (χ4v) is 2.40. The predicted molar refractivity (Wildman–Crippen MR) is 90.9 cm³/mol. The van der Waals surface area contributed by atoms with Gasteiger partial charge in [0.1, 0.15) is 5.75 Å². The minimum Gasteiger partial charge on any atom is -0.489 e. The van der Waals surface area contributed by atoms with Crippen LogP contribution in [0.3, 0.4) is 0 Å². The summed E-state index contributed by atoms with van der Waals surface area (Å²) in [5.41, 5.74) is 3.01. The van der Waals surface area contributed by atoms with Gasteiger partial charge in [0.25, 0.3) is 5.91 Å². The van der Waals surface area contributed by atoms with E-state index in [0.717, 1.165) is 11.0 Å². The summed E-state index contributed by atoms with van der Waals surface area (Å²) in [5, 5.41) is 2.91. The number of imidazole rings is 1. The van der Waals surface area contributed by atoms with Gasteiger partial charge in [-0.3, -0.25) is 4.79 Å². The third kappa shape index (κ3) is 3.18. The zero-order valence-corrected chi connectivity index (χ0v) is 13.4. The first-order valence-electron chi connectivity index (χ1n) is 7.52. The summed E-state index contributed by atoms with van der Waals surface area (Å²) in [6, 6.07) is 12.9. The van der Waals surface area contributed by atoms with Gasteiger partial charge >= 0.3 is 0 Å². The summed E-state index contributed by atoms with van der Waals surface area (Å²) in [5.74, 6) is 0.479. The van der Waals surface area contributed by atoms with E-state index in [1.165, 1.54) is 0 Å². The average Bonchev–Trinajstić information content (AvgIpc) is 2.89. The van der Waals surface area contributed by atoms with Crippen molar-refractivity contribution < 1.29 is 9.53 Å². The van der Waals surface area contributed by atoms with Crippen LogP contribution in [-0.2, 0) is 7.05 Å². The molecule has 0 saturated carbocycles. The fraction of sp³-hybridized carbons (Fsp3) is 0.222. The Morgan fingerprint density at radius 2 is 2.00 bits per heavy atom. The number of nitrogens with zero attached hydrogens (tertiary/aromatic N) is 2. The van der Waals surface area contributed by atoms with Gasteiger partial charge in [-0.1, -0.05) is 12.1 Å². The lowest BCUT2D eigenvalue weighted by Gasteiger charge is -2.14. The van der Waals surface area contributed by atoms with Crippen LogP contribution < -0.4 is 10.1 Å². The number of benzene rings is 2. The van der Waals surface area contributed by atoms with E-state index < -0.39 is 0 Å². The van der Waals surface area contributed by atoms with Crippen LogP contribution in [0.25, 0.3) is 11.0 Å². The van der Waals surface area contributed by atoms with Gasteiger partial charge in [-0.25, -0.2) is 4.98 Å². The van der Waals surface area contributed by atoms with Crippen LogP contribution in [-0.4, -0.2) is 21.6 Å². The van der Waals surface area contributed by atoms with Gasteiger partial charge in [-0.15, -0.1) is 0 Å². The van der Waals surface area contributed by atoms with E-state index in [4.69, 9.17) is 4.74 Å². The highest BCUT2D eigenvalue weighted by molar-refractivity contribution is 6.06. The van der Waals surface area contributed by atoms with Gasteiger partial charge < -0.3 is 14.6 Å². The largest absolute Gasteiger partial charge is 0.489 e. The smallest absolute Gasteiger partial charge is 0.255 e. The second-order valence-electron chi connectivity index (χ2n) is 5.68. The Kier molecular flexibility index (Phi) is 4.02. The highest BCUT2D eigenvalue weighted by Gasteiger charge is 2.12. The van der Waals surface area contributed by atoms with Crippen LogP contribution in [0.1, 0.15) is 24.2 Å². The molecule has 1 N–H and O–H groups in total. The Morgan fingerprint density at radius 3 is 2.78 bits per heavy atom. The molecule has 118 valence electrons. The van der Waals surface area contributed by atoms with Crippen molar-refractivity contribution in [3.8, 4) is 5.75 Å². The molecule has 0 atom stereocenters. The monoisotopic (exact) mass is 309 g/mol. The standard InChI is InChI=1S/C18H19N3O2/c1-12(2)23-17-7-5-4-6-14(17)20-18(22)13-8-9-16-15(10-13)19-11-21(16)3/h4-12H,1-3H3,(H,20,22). The topological polar surface area (TPSA) is 56.1 Å². The number of fused-ring (bicyclic) bond motifs is 1. The third-order valence-electron chi connectivity index (χ3n) is 3.49. The summed E-state index contributed by atoms with van der Waals surface area (Å²) in [6.45, 7) is 3.90. The number of nitrogens with one attached hydrogen (secondary N) is 1. The Balaban J connectivity index is 1.86. The van der Waals surface area contributed by atoms with E-state index >= 15 is 0 Å². The number of anilines is 1. The molecule has 0 aliphatic carbocycles. The van der Waals surface area contributed by atoms with Crippen LogP contribution in [0.4, 0.5) is 5.69 Å². The van der Waals surface area contributed by atoms with Crippen molar-refractivity contribution >= 4 is 22.6 Å².